The van der Waals surface area contributed by atoms with Crippen LogP contribution in [0.25, 0.3) is 0 Å². The summed E-state index contributed by atoms with van der Waals surface area (Å²) in [4.78, 5) is 14.7. The standard InChI is InChI=1S/C16H16N4O2/c21-15-14(11-13-7-4-10-22-13)19-20-16(18-15)17-9-8-12-5-2-1-3-6-12/h1-7,10H,8-9,11H2,(H2,17,18,20,21). The number of benzene rings is 1. The van der Waals surface area contributed by atoms with Crippen LogP contribution in [0.15, 0.2) is 57.9 Å². The third-order valence-electron chi connectivity index (χ3n) is 3.24. The van der Waals surface area contributed by atoms with Gasteiger partial charge in [0.25, 0.3) is 5.56 Å². The van der Waals surface area contributed by atoms with E-state index in [1.807, 2.05) is 18.2 Å². The molecule has 0 aliphatic heterocycles. The summed E-state index contributed by atoms with van der Waals surface area (Å²) in [5.74, 6) is 1.06. The van der Waals surface area contributed by atoms with E-state index >= 15 is 0 Å². The van der Waals surface area contributed by atoms with Crippen molar-refractivity contribution in [1.29, 1.82) is 0 Å². The summed E-state index contributed by atoms with van der Waals surface area (Å²) in [6.45, 7) is 0.673. The Hall–Kier alpha value is -2.89. The van der Waals surface area contributed by atoms with Gasteiger partial charge in [0.2, 0.25) is 5.95 Å². The minimum atomic E-state index is -0.256. The second-order valence-corrected chi connectivity index (χ2v) is 4.87. The van der Waals surface area contributed by atoms with Crippen LogP contribution in [0.2, 0.25) is 0 Å². The molecule has 6 heteroatoms. The highest BCUT2D eigenvalue weighted by atomic mass is 16.3. The maximum Gasteiger partial charge on any atom is 0.274 e. The molecule has 0 aliphatic carbocycles. The molecule has 1 aromatic carbocycles. The molecule has 0 saturated carbocycles. The lowest BCUT2D eigenvalue weighted by Crippen LogP contribution is -2.20. The second kappa shape index (κ2) is 6.71. The summed E-state index contributed by atoms with van der Waals surface area (Å²) in [6, 6.07) is 13.7. The van der Waals surface area contributed by atoms with Crippen LogP contribution in [0, 0.1) is 0 Å². The SMILES string of the molecule is O=c1[nH]c(NCCc2ccccc2)nnc1Cc1ccco1. The highest BCUT2D eigenvalue weighted by Crippen LogP contribution is 2.04. The van der Waals surface area contributed by atoms with Gasteiger partial charge in [-0.15, -0.1) is 10.2 Å². The van der Waals surface area contributed by atoms with E-state index in [4.69, 9.17) is 4.42 Å². The molecule has 112 valence electrons. The van der Waals surface area contributed by atoms with Crippen molar-refractivity contribution in [3.05, 3.63) is 76.1 Å². The zero-order valence-corrected chi connectivity index (χ0v) is 12.0. The molecule has 2 N–H and O–H groups in total. The van der Waals surface area contributed by atoms with Gasteiger partial charge in [0.15, 0.2) is 0 Å². The van der Waals surface area contributed by atoms with Crippen LogP contribution < -0.4 is 10.9 Å². The van der Waals surface area contributed by atoms with Crippen molar-refractivity contribution in [3.63, 3.8) is 0 Å². The van der Waals surface area contributed by atoms with Gasteiger partial charge in [0.1, 0.15) is 11.5 Å². The van der Waals surface area contributed by atoms with Gasteiger partial charge < -0.3 is 9.73 Å². The fourth-order valence-corrected chi connectivity index (χ4v) is 2.10. The second-order valence-electron chi connectivity index (χ2n) is 4.87. The van der Waals surface area contributed by atoms with Gasteiger partial charge in [-0.25, -0.2) is 0 Å². The molecule has 6 nitrogen and oxygen atoms in total. The molecule has 22 heavy (non-hydrogen) atoms. The molecule has 0 spiro atoms. The van der Waals surface area contributed by atoms with Crippen LogP contribution in [-0.2, 0) is 12.8 Å². The Labute approximate surface area is 127 Å². The van der Waals surface area contributed by atoms with E-state index in [-0.39, 0.29) is 5.56 Å². The number of H-pyrrole nitrogens is 1. The summed E-state index contributed by atoms with van der Waals surface area (Å²) in [6.07, 6.45) is 2.74. The van der Waals surface area contributed by atoms with Gasteiger partial charge >= 0.3 is 0 Å². The number of hydrogen-bond acceptors (Lipinski definition) is 5. The van der Waals surface area contributed by atoms with Crippen LogP contribution >= 0.6 is 0 Å². The third-order valence-corrected chi connectivity index (χ3v) is 3.24. The molecule has 0 unspecified atom stereocenters. The predicted molar refractivity (Wildman–Crippen MR) is 82.8 cm³/mol. The van der Waals surface area contributed by atoms with Crippen molar-refractivity contribution in [1.82, 2.24) is 15.2 Å². The predicted octanol–water partition coefficient (Wildman–Crippen LogP) is 2.00. The van der Waals surface area contributed by atoms with Crippen molar-refractivity contribution in [3.8, 4) is 0 Å². The Bertz CT molecular complexity index is 766. The number of anilines is 1. The Morgan fingerprint density at radius 3 is 2.68 bits per heavy atom. The van der Waals surface area contributed by atoms with Gasteiger partial charge in [0.05, 0.1) is 12.7 Å². The lowest BCUT2D eigenvalue weighted by atomic mass is 10.1. The lowest BCUT2D eigenvalue weighted by Gasteiger charge is -2.05. The van der Waals surface area contributed by atoms with Gasteiger partial charge in [0, 0.05) is 6.54 Å². The van der Waals surface area contributed by atoms with Crippen LogP contribution in [0.1, 0.15) is 17.0 Å². The number of aromatic nitrogens is 3. The number of nitrogens with zero attached hydrogens (tertiary/aromatic N) is 2. The zero-order chi connectivity index (χ0) is 15.2. The topological polar surface area (TPSA) is 83.8 Å². The van der Waals surface area contributed by atoms with E-state index in [2.05, 4.69) is 32.6 Å². The van der Waals surface area contributed by atoms with Gasteiger partial charge in [-0.1, -0.05) is 30.3 Å². The average Bonchev–Trinajstić information content (AvgIpc) is 3.04. The van der Waals surface area contributed by atoms with E-state index in [9.17, 15) is 4.79 Å². The molecule has 0 fully saturated rings. The van der Waals surface area contributed by atoms with Crippen molar-refractivity contribution in [2.45, 2.75) is 12.8 Å². The maximum atomic E-state index is 12.0. The lowest BCUT2D eigenvalue weighted by molar-refractivity contribution is 0.517. The first-order valence-electron chi connectivity index (χ1n) is 7.07. The molecular formula is C16H16N4O2. The Kier molecular flexibility index (Phi) is 4.29. The van der Waals surface area contributed by atoms with Gasteiger partial charge in [-0.2, -0.15) is 0 Å². The van der Waals surface area contributed by atoms with Crippen molar-refractivity contribution < 1.29 is 4.42 Å². The molecule has 0 aliphatic rings. The van der Waals surface area contributed by atoms with Crippen LogP contribution in [0.3, 0.4) is 0 Å². The monoisotopic (exact) mass is 296 g/mol. The fraction of sp³-hybridized carbons (Fsp3) is 0.188. The average molecular weight is 296 g/mol. The summed E-state index contributed by atoms with van der Waals surface area (Å²) < 4.78 is 5.20. The maximum absolute atomic E-state index is 12.0. The number of furan rings is 1. The highest BCUT2D eigenvalue weighted by molar-refractivity contribution is 5.24. The van der Waals surface area contributed by atoms with Crippen molar-refractivity contribution in [2.24, 2.45) is 0 Å². The van der Waals surface area contributed by atoms with Crippen LogP contribution in [-0.4, -0.2) is 21.7 Å². The fourth-order valence-electron chi connectivity index (χ4n) is 2.10. The van der Waals surface area contributed by atoms with Crippen LogP contribution in [0.5, 0.6) is 0 Å². The van der Waals surface area contributed by atoms with E-state index in [0.29, 0.717) is 30.4 Å². The van der Waals surface area contributed by atoms with Crippen molar-refractivity contribution in [2.75, 3.05) is 11.9 Å². The Morgan fingerprint density at radius 1 is 1.09 bits per heavy atom. The number of rotatable bonds is 6. The Morgan fingerprint density at radius 2 is 1.95 bits per heavy atom. The molecule has 3 rings (SSSR count). The smallest absolute Gasteiger partial charge is 0.274 e. The largest absolute Gasteiger partial charge is 0.469 e. The molecule has 0 atom stereocenters. The van der Waals surface area contributed by atoms with Gasteiger partial charge in [-0.05, 0) is 24.1 Å². The molecule has 0 radical (unpaired) electrons. The highest BCUT2D eigenvalue weighted by Gasteiger charge is 2.07. The Balaban J connectivity index is 1.59. The first kappa shape index (κ1) is 14.1. The van der Waals surface area contributed by atoms with E-state index in [0.717, 1.165) is 6.42 Å². The first-order chi connectivity index (χ1) is 10.8. The van der Waals surface area contributed by atoms with Crippen LogP contribution in [0.4, 0.5) is 5.95 Å². The molecule has 2 heterocycles. The molecular weight excluding hydrogens is 280 g/mol. The minimum absolute atomic E-state index is 0.256. The number of hydrogen-bond donors (Lipinski definition) is 2. The molecule has 0 saturated heterocycles. The third kappa shape index (κ3) is 3.60. The van der Waals surface area contributed by atoms with E-state index < -0.39 is 0 Å². The van der Waals surface area contributed by atoms with Crippen molar-refractivity contribution >= 4 is 5.95 Å². The zero-order valence-electron chi connectivity index (χ0n) is 12.0. The molecule has 0 bridgehead atoms. The van der Waals surface area contributed by atoms with E-state index in [1.165, 1.54) is 5.56 Å². The molecule has 2 aromatic heterocycles. The molecule has 3 aromatic rings. The number of nitrogens with one attached hydrogen (secondary N) is 2. The first-order valence-corrected chi connectivity index (χ1v) is 7.07. The summed E-state index contributed by atoms with van der Waals surface area (Å²) >= 11 is 0. The quantitative estimate of drug-likeness (QED) is 0.727. The molecule has 0 amide bonds. The minimum Gasteiger partial charge on any atom is -0.469 e. The normalized spacial score (nSPS) is 10.5. The summed E-state index contributed by atoms with van der Waals surface area (Å²) in [5, 5.41) is 11.0. The summed E-state index contributed by atoms with van der Waals surface area (Å²) in [5.41, 5.74) is 1.30. The van der Waals surface area contributed by atoms with Gasteiger partial charge in [-0.3, -0.25) is 9.78 Å². The summed E-state index contributed by atoms with van der Waals surface area (Å²) in [7, 11) is 0. The number of aromatic amines is 1. The van der Waals surface area contributed by atoms with E-state index in [1.54, 1.807) is 18.4 Å².